The first kappa shape index (κ1) is 37.4. The van der Waals surface area contributed by atoms with E-state index in [-0.39, 0.29) is 24.0 Å². The maximum Gasteiger partial charge on any atom is 0.323 e. The van der Waals surface area contributed by atoms with Gasteiger partial charge in [-0.2, -0.15) is 0 Å². The summed E-state index contributed by atoms with van der Waals surface area (Å²) in [7, 11) is 1.80. The minimum atomic E-state index is -0.366. The van der Waals surface area contributed by atoms with Gasteiger partial charge in [0.05, 0.1) is 5.56 Å². The van der Waals surface area contributed by atoms with E-state index in [1.165, 1.54) is 0 Å². The second kappa shape index (κ2) is 18.4. The summed E-state index contributed by atoms with van der Waals surface area (Å²) in [4.78, 5) is 28.9. The molecule has 0 spiro atoms. The SMILES string of the molecule is C=C(C)c1cc(C(=O)N(C)Cc2cccc(CN[C@@H](CC(C)C)C(=O)OC3CCCC3)c2)c(OCc2ccccc2)cc1OCc1ccccc1. The summed E-state index contributed by atoms with van der Waals surface area (Å²) in [5.74, 6) is 1.07. The summed E-state index contributed by atoms with van der Waals surface area (Å²) in [5.41, 5.74) is 6.02. The molecular formula is C44H52N2O5. The van der Waals surface area contributed by atoms with Crippen molar-refractivity contribution in [3.63, 3.8) is 0 Å². The first-order chi connectivity index (χ1) is 24.7. The summed E-state index contributed by atoms with van der Waals surface area (Å²) in [6, 6.07) is 31.3. The van der Waals surface area contributed by atoms with E-state index in [9.17, 15) is 9.59 Å². The lowest BCUT2D eigenvalue weighted by atomic mass is 10.0. The quantitative estimate of drug-likeness (QED) is 0.112. The third-order valence-electron chi connectivity index (χ3n) is 9.13. The van der Waals surface area contributed by atoms with Crippen LogP contribution in [-0.4, -0.2) is 36.0 Å². The van der Waals surface area contributed by atoms with E-state index in [0.29, 0.717) is 55.7 Å². The third kappa shape index (κ3) is 11.1. The van der Waals surface area contributed by atoms with Crippen molar-refractivity contribution < 1.29 is 23.8 Å². The van der Waals surface area contributed by atoms with Gasteiger partial charge in [-0.05, 0) is 78.8 Å². The average molecular weight is 689 g/mol. The fourth-order valence-electron chi connectivity index (χ4n) is 6.39. The molecule has 4 aromatic rings. The molecule has 51 heavy (non-hydrogen) atoms. The van der Waals surface area contributed by atoms with E-state index >= 15 is 0 Å². The number of rotatable bonds is 17. The van der Waals surface area contributed by atoms with Crippen LogP contribution in [0.4, 0.5) is 0 Å². The number of carbonyl (C=O) groups excluding carboxylic acids is 2. The number of benzene rings is 4. The third-order valence-corrected chi connectivity index (χ3v) is 9.13. The largest absolute Gasteiger partial charge is 0.488 e. The van der Waals surface area contributed by atoms with Crippen LogP contribution in [0.5, 0.6) is 11.5 Å². The molecule has 0 bridgehead atoms. The molecular weight excluding hydrogens is 636 g/mol. The Hall–Kier alpha value is -4.88. The lowest BCUT2D eigenvalue weighted by molar-refractivity contribution is -0.151. The fraction of sp³-hybridized carbons (Fsp3) is 0.364. The van der Waals surface area contributed by atoms with Crippen molar-refractivity contribution in [2.75, 3.05) is 7.05 Å². The molecule has 1 fully saturated rings. The Labute approximate surface area is 303 Å². The fourth-order valence-corrected chi connectivity index (χ4v) is 6.39. The van der Waals surface area contributed by atoms with Gasteiger partial charge in [-0.15, -0.1) is 0 Å². The lowest BCUT2D eigenvalue weighted by Gasteiger charge is -2.23. The number of amides is 1. The second-order valence-electron chi connectivity index (χ2n) is 14.1. The summed E-state index contributed by atoms with van der Waals surface area (Å²) in [6.45, 7) is 11.9. The van der Waals surface area contributed by atoms with Crippen molar-refractivity contribution in [2.45, 2.75) is 91.3 Å². The van der Waals surface area contributed by atoms with Gasteiger partial charge < -0.3 is 24.4 Å². The van der Waals surface area contributed by atoms with Gasteiger partial charge in [0.15, 0.2) is 0 Å². The standard InChI is InChI=1S/C44H52N2O5/c1-31(2)23-40(44(48)51-37-21-12-13-22-37)45-27-35-19-14-20-36(24-35)28-46(5)43(47)39-25-38(32(3)4)41(49-29-33-15-8-6-9-16-33)26-42(39)50-30-34-17-10-7-11-18-34/h6-11,14-20,24-26,31,37,40,45H,3,12-13,21-23,27-30H2,1-2,4-5H3/t40-/m0/s1. The van der Waals surface area contributed by atoms with E-state index < -0.39 is 0 Å². The van der Waals surface area contributed by atoms with Crippen LogP contribution in [0.2, 0.25) is 0 Å². The van der Waals surface area contributed by atoms with Gasteiger partial charge in [-0.1, -0.05) is 105 Å². The van der Waals surface area contributed by atoms with E-state index in [4.69, 9.17) is 14.2 Å². The molecule has 0 radical (unpaired) electrons. The molecule has 0 aliphatic heterocycles. The van der Waals surface area contributed by atoms with E-state index in [2.05, 4.69) is 31.8 Å². The van der Waals surface area contributed by atoms with Crippen molar-refractivity contribution in [3.05, 3.63) is 137 Å². The number of hydrogen-bond acceptors (Lipinski definition) is 6. The van der Waals surface area contributed by atoms with Crippen LogP contribution in [0, 0.1) is 5.92 Å². The highest BCUT2D eigenvalue weighted by Gasteiger charge is 2.26. The molecule has 1 atom stereocenters. The van der Waals surface area contributed by atoms with Gasteiger partial charge in [-0.25, -0.2) is 0 Å². The highest BCUT2D eigenvalue weighted by atomic mass is 16.5. The van der Waals surface area contributed by atoms with E-state index in [1.807, 2.05) is 97.9 Å². The summed E-state index contributed by atoms with van der Waals surface area (Å²) in [6.07, 6.45) is 4.90. The van der Waals surface area contributed by atoms with Gasteiger partial charge in [0, 0.05) is 31.8 Å². The Morgan fingerprint density at radius 3 is 1.94 bits per heavy atom. The molecule has 0 aromatic heterocycles. The number of nitrogens with zero attached hydrogens (tertiary/aromatic N) is 1. The van der Waals surface area contributed by atoms with Gasteiger partial charge in [-0.3, -0.25) is 9.59 Å². The molecule has 0 unspecified atom stereocenters. The van der Waals surface area contributed by atoms with Crippen LogP contribution in [0.15, 0.2) is 104 Å². The van der Waals surface area contributed by atoms with Crippen molar-refractivity contribution in [2.24, 2.45) is 5.92 Å². The molecule has 0 saturated heterocycles. The lowest BCUT2D eigenvalue weighted by Crippen LogP contribution is -2.40. The van der Waals surface area contributed by atoms with Gasteiger partial charge in [0.1, 0.15) is 36.9 Å². The van der Waals surface area contributed by atoms with Gasteiger partial charge >= 0.3 is 5.97 Å². The number of hydrogen-bond donors (Lipinski definition) is 1. The van der Waals surface area contributed by atoms with Crippen LogP contribution >= 0.6 is 0 Å². The number of carbonyl (C=O) groups is 2. The van der Waals surface area contributed by atoms with E-state index in [1.54, 1.807) is 11.9 Å². The minimum absolute atomic E-state index is 0.0408. The van der Waals surface area contributed by atoms with Crippen molar-refractivity contribution in [1.82, 2.24) is 10.2 Å². The van der Waals surface area contributed by atoms with E-state index in [0.717, 1.165) is 59.1 Å². The maximum absolute atomic E-state index is 14.2. The predicted octanol–water partition coefficient (Wildman–Crippen LogP) is 9.14. The Morgan fingerprint density at radius 2 is 1.35 bits per heavy atom. The van der Waals surface area contributed by atoms with Crippen LogP contribution in [0.25, 0.3) is 5.57 Å². The summed E-state index contributed by atoms with van der Waals surface area (Å²) >= 11 is 0. The molecule has 1 amide bonds. The first-order valence-electron chi connectivity index (χ1n) is 18.1. The highest BCUT2D eigenvalue weighted by Crippen LogP contribution is 2.35. The molecule has 4 aromatic carbocycles. The van der Waals surface area contributed by atoms with Crippen LogP contribution in [0.1, 0.15) is 91.1 Å². The summed E-state index contributed by atoms with van der Waals surface area (Å²) in [5, 5.41) is 3.46. The molecule has 7 nitrogen and oxygen atoms in total. The zero-order valence-corrected chi connectivity index (χ0v) is 30.5. The Morgan fingerprint density at radius 1 is 0.784 bits per heavy atom. The number of esters is 1. The summed E-state index contributed by atoms with van der Waals surface area (Å²) < 4.78 is 18.5. The Bertz CT molecular complexity index is 1750. The molecule has 1 aliphatic rings. The number of allylic oxidation sites excluding steroid dienone is 1. The van der Waals surface area contributed by atoms with Crippen molar-refractivity contribution in [3.8, 4) is 11.5 Å². The van der Waals surface area contributed by atoms with Gasteiger partial charge in [0.25, 0.3) is 5.91 Å². The first-order valence-corrected chi connectivity index (χ1v) is 18.1. The second-order valence-corrected chi connectivity index (χ2v) is 14.1. The topological polar surface area (TPSA) is 77.1 Å². The highest BCUT2D eigenvalue weighted by molar-refractivity contribution is 5.98. The molecule has 1 aliphatic carbocycles. The van der Waals surface area contributed by atoms with Crippen LogP contribution in [0.3, 0.4) is 0 Å². The van der Waals surface area contributed by atoms with Crippen molar-refractivity contribution in [1.29, 1.82) is 0 Å². The minimum Gasteiger partial charge on any atom is -0.488 e. The average Bonchev–Trinajstić information content (AvgIpc) is 3.65. The molecule has 0 heterocycles. The predicted molar refractivity (Wildman–Crippen MR) is 203 cm³/mol. The van der Waals surface area contributed by atoms with Crippen LogP contribution < -0.4 is 14.8 Å². The Balaban J connectivity index is 1.32. The molecule has 7 heteroatoms. The van der Waals surface area contributed by atoms with Crippen molar-refractivity contribution >= 4 is 17.4 Å². The Kier molecular flexibility index (Phi) is 13.5. The monoisotopic (exact) mass is 688 g/mol. The number of nitrogens with one attached hydrogen (secondary N) is 1. The zero-order chi connectivity index (χ0) is 36.2. The smallest absolute Gasteiger partial charge is 0.323 e. The normalized spacial score (nSPS) is 13.5. The molecule has 1 saturated carbocycles. The maximum atomic E-state index is 14.2. The van der Waals surface area contributed by atoms with Gasteiger partial charge in [0.2, 0.25) is 0 Å². The zero-order valence-electron chi connectivity index (χ0n) is 30.5. The molecule has 5 rings (SSSR count). The number of ether oxygens (including phenoxy) is 3. The van der Waals surface area contributed by atoms with Crippen LogP contribution in [-0.2, 0) is 35.8 Å². The molecule has 268 valence electrons. The molecule has 1 N–H and O–H groups in total.